The van der Waals surface area contributed by atoms with Gasteiger partial charge in [-0.05, 0) is 41.9 Å². The van der Waals surface area contributed by atoms with Gasteiger partial charge in [-0.1, -0.05) is 25.4 Å². The minimum Gasteiger partial charge on any atom is -0.481 e. The van der Waals surface area contributed by atoms with Gasteiger partial charge in [-0.25, -0.2) is 13.1 Å². The number of nitrogens with one attached hydrogen (secondary N) is 1. The third-order valence-corrected chi connectivity index (χ3v) is 5.93. The smallest absolute Gasteiger partial charge is 0.303 e. The molecule has 130 valence electrons. The number of aliphatic carboxylic acids is 1. The molecule has 0 aromatic heterocycles. The van der Waals surface area contributed by atoms with E-state index in [4.69, 9.17) is 16.7 Å². The quantitative estimate of drug-likeness (QED) is 0.609. The number of rotatable bonds is 10. The van der Waals surface area contributed by atoms with Crippen LogP contribution in [0, 0.1) is 5.41 Å². The molecule has 0 spiro atoms. The van der Waals surface area contributed by atoms with Crippen LogP contribution in [0.5, 0.6) is 0 Å². The molecule has 0 saturated carbocycles. The Bertz CT molecular complexity index is 615. The van der Waals surface area contributed by atoms with E-state index in [1.807, 2.05) is 13.8 Å². The minimum absolute atomic E-state index is 0.136. The number of halogens is 1. The van der Waals surface area contributed by atoms with Crippen molar-refractivity contribution in [3.8, 4) is 0 Å². The number of carboxylic acids is 1. The van der Waals surface area contributed by atoms with Crippen LogP contribution in [0.1, 0.15) is 26.7 Å². The molecule has 5 nitrogen and oxygen atoms in total. The van der Waals surface area contributed by atoms with Crippen molar-refractivity contribution in [1.29, 1.82) is 0 Å². The second-order valence-electron chi connectivity index (χ2n) is 5.95. The van der Waals surface area contributed by atoms with Crippen molar-refractivity contribution in [2.45, 2.75) is 31.6 Å². The number of carbonyl (C=O) groups is 1. The number of thioether (sulfide) groups is 1. The van der Waals surface area contributed by atoms with Crippen LogP contribution >= 0.6 is 23.4 Å². The molecule has 23 heavy (non-hydrogen) atoms. The van der Waals surface area contributed by atoms with Crippen molar-refractivity contribution in [2.24, 2.45) is 5.41 Å². The molecule has 0 unspecified atom stereocenters. The Labute approximate surface area is 146 Å². The number of hydrogen-bond donors (Lipinski definition) is 2. The summed E-state index contributed by atoms with van der Waals surface area (Å²) >= 11 is 7.34. The molecule has 1 rings (SSSR count). The predicted octanol–water partition coefficient (Wildman–Crippen LogP) is 3.24. The first-order valence-electron chi connectivity index (χ1n) is 7.17. The van der Waals surface area contributed by atoms with E-state index in [-0.39, 0.29) is 16.7 Å². The Morgan fingerprint density at radius 1 is 1.26 bits per heavy atom. The summed E-state index contributed by atoms with van der Waals surface area (Å²) in [5.41, 5.74) is -0.248. The van der Waals surface area contributed by atoms with Crippen LogP contribution < -0.4 is 4.72 Å². The highest BCUT2D eigenvalue weighted by Crippen LogP contribution is 2.26. The molecule has 1 aromatic rings. The average Bonchev–Trinajstić information content (AvgIpc) is 2.41. The highest BCUT2D eigenvalue weighted by atomic mass is 35.5. The zero-order chi connectivity index (χ0) is 17.5. The molecule has 0 aliphatic heterocycles. The zero-order valence-electron chi connectivity index (χ0n) is 13.2. The molecular formula is C15H22ClNO4S2. The van der Waals surface area contributed by atoms with E-state index >= 15 is 0 Å². The topological polar surface area (TPSA) is 83.5 Å². The Morgan fingerprint density at radius 3 is 2.43 bits per heavy atom. The lowest BCUT2D eigenvalue weighted by atomic mass is 9.87. The molecule has 0 bridgehead atoms. The molecule has 0 amide bonds. The fourth-order valence-electron chi connectivity index (χ4n) is 1.89. The summed E-state index contributed by atoms with van der Waals surface area (Å²) in [5, 5.41) is 9.30. The number of carboxylic acid groups (broad SMARTS) is 1. The van der Waals surface area contributed by atoms with Crippen LogP contribution in [0.25, 0.3) is 0 Å². The summed E-state index contributed by atoms with van der Waals surface area (Å²) in [7, 11) is -3.51. The van der Waals surface area contributed by atoms with E-state index < -0.39 is 16.0 Å². The molecule has 0 aliphatic rings. The maximum Gasteiger partial charge on any atom is 0.303 e. The SMILES string of the molecule is CC(C)(CCSCCNS(=O)(=O)c1ccc(Cl)cc1)CC(=O)O. The Kier molecular flexibility index (Phi) is 7.86. The van der Waals surface area contributed by atoms with Crippen molar-refractivity contribution < 1.29 is 18.3 Å². The number of hydrogen-bond acceptors (Lipinski definition) is 4. The second kappa shape index (κ2) is 8.92. The second-order valence-corrected chi connectivity index (χ2v) is 9.38. The van der Waals surface area contributed by atoms with Crippen LogP contribution in [0.15, 0.2) is 29.2 Å². The monoisotopic (exact) mass is 379 g/mol. The molecule has 2 N–H and O–H groups in total. The van der Waals surface area contributed by atoms with Gasteiger partial charge in [0.15, 0.2) is 0 Å². The van der Waals surface area contributed by atoms with Gasteiger partial charge in [0.05, 0.1) is 11.3 Å². The average molecular weight is 380 g/mol. The van der Waals surface area contributed by atoms with Crippen molar-refractivity contribution in [1.82, 2.24) is 4.72 Å². The summed E-state index contributed by atoms with van der Waals surface area (Å²) in [6.07, 6.45) is 0.907. The first-order chi connectivity index (χ1) is 10.6. The van der Waals surface area contributed by atoms with Gasteiger partial charge in [0.25, 0.3) is 0 Å². The van der Waals surface area contributed by atoms with Gasteiger partial charge in [0, 0.05) is 17.3 Å². The van der Waals surface area contributed by atoms with Crippen LogP contribution in [-0.2, 0) is 14.8 Å². The van der Waals surface area contributed by atoms with Gasteiger partial charge in [-0.15, -0.1) is 0 Å². The summed E-state index contributed by atoms with van der Waals surface area (Å²) < 4.78 is 26.6. The maximum absolute atomic E-state index is 12.0. The molecular weight excluding hydrogens is 358 g/mol. The van der Waals surface area contributed by atoms with Gasteiger partial charge in [-0.3, -0.25) is 4.79 Å². The molecule has 0 fully saturated rings. The van der Waals surface area contributed by atoms with Crippen LogP contribution in [0.4, 0.5) is 0 Å². The van der Waals surface area contributed by atoms with Gasteiger partial charge in [0.1, 0.15) is 0 Å². The minimum atomic E-state index is -3.51. The summed E-state index contributed by atoms with van der Waals surface area (Å²) in [5.74, 6) is 0.634. The van der Waals surface area contributed by atoms with Gasteiger partial charge < -0.3 is 5.11 Å². The Morgan fingerprint density at radius 2 is 1.87 bits per heavy atom. The Balaban J connectivity index is 2.29. The lowest BCUT2D eigenvalue weighted by molar-refractivity contribution is -0.139. The highest BCUT2D eigenvalue weighted by Gasteiger charge is 2.21. The van der Waals surface area contributed by atoms with Gasteiger partial charge in [0.2, 0.25) is 10.0 Å². The molecule has 0 radical (unpaired) electrons. The fraction of sp³-hybridized carbons (Fsp3) is 0.533. The van der Waals surface area contributed by atoms with Crippen LogP contribution in [0.2, 0.25) is 5.02 Å². The van der Waals surface area contributed by atoms with Crippen LogP contribution in [0.3, 0.4) is 0 Å². The lowest BCUT2D eigenvalue weighted by Gasteiger charge is -2.21. The van der Waals surface area contributed by atoms with Crippen molar-refractivity contribution in [2.75, 3.05) is 18.1 Å². The Hall–Kier alpha value is -0.760. The molecule has 0 saturated heterocycles. The number of benzene rings is 1. The fourth-order valence-corrected chi connectivity index (χ4v) is 4.33. The largest absolute Gasteiger partial charge is 0.481 e. The molecule has 0 heterocycles. The van der Waals surface area contributed by atoms with E-state index in [0.717, 1.165) is 12.2 Å². The molecule has 1 aromatic carbocycles. The third kappa shape index (κ3) is 8.06. The molecule has 8 heteroatoms. The summed E-state index contributed by atoms with van der Waals surface area (Å²) in [4.78, 5) is 10.9. The standard InChI is InChI=1S/C15H22ClNO4S2/c1-15(2,11-14(18)19)7-9-22-10-8-17-23(20,21)13-5-3-12(16)4-6-13/h3-6,17H,7-11H2,1-2H3,(H,18,19). The van der Waals surface area contributed by atoms with Crippen LogP contribution in [-0.4, -0.2) is 37.5 Å². The third-order valence-electron chi connectivity index (χ3n) is 3.22. The predicted molar refractivity (Wildman–Crippen MR) is 94.6 cm³/mol. The van der Waals surface area contributed by atoms with E-state index in [1.165, 1.54) is 24.3 Å². The zero-order valence-corrected chi connectivity index (χ0v) is 15.6. The normalized spacial score (nSPS) is 12.3. The van der Waals surface area contributed by atoms with E-state index in [9.17, 15) is 13.2 Å². The van der Waals surface area contributed by atoms with Crippen molar-refractivity contribution in [3.63, 3.8) is 0 Å². The maximum atomic E-state index is 12.0. The molecule has 0 atom stereocenters. The number of sulfonamides is 1. The summed E-state index contributed by atoms with van der Waals surface area (Å²) in [6.45, 7) is 4.17. The highest BCUT2D eigenvalue weighted by molar-refractivity contribution is 7.99. The van der Waals surface area contributed by atoms with E-state index in [0.29, 0.717) is 17.3 Å². The van der Waals surface area contributed by atoms with Gasteiger partial charge in [-0.2, -0.15) is 11.8 Å². The first kappa shape index (κ1) is 20.3. The van der Waals surface area contributed by atoms with Gasteiger partial charge >= 0.3 is 5.97 Å². The molecule has 0 aliphatic carbocycles. The van der Waals surface area contributed by atoms with Crippen molar-refractivity contribution in [3.05, 3.63) is 29.3 Å². The lowest BCUT2D eigenvalue weighted by Crippen LogP contribution is -2.26. The van der Waals surface area contributed by atoms with E-state index in [2.05, 4.69) is 4.72 Å². The van der Waals surface area contributed by atoms with E-state index in [1.54, 1.807) is 11.8 Å². The van der Waals surface area contributed by atoms with Crippen molar-refractivity contribution >= 4 is 39.4 Å². The first-order valence-corrected chi connectivity index (χ1v) is 10.2. The summed E-state index contributed by atoms with van der Waals surface area (Å²) in [6, 6.07) is 6.00.